The van der Waals surface area contributed by atoms with Crippen molar-refractivity contribution < 1.29 is 19.5 Å². The van der Waals surface area contributed by atoms with Crippen LogP contribution in [0.5, 0.6) is 0 Å². The molecule has 1 fully saturated rings. The number of carboxylic acids is 1. The lowest BCUT2D eigenvalue weighted by atomic mass is 9.92. The second-order valence-corrected chi connectivity index (χ2v) is 4.68. The van der Waals surface area contributed by atoms with Gasteiger partial charge in [0.1, 0.15) is 0 Å². The third-order valence-corrected chi connectivity index (χ3v) is 2.84. The van der Waals surface area contributed by atoms with Crippen molar-refractivity contribution in [2.45, 2.75) is 51.5 Å². The van der Waals surface area contributed by atoms with Crippen LogP contribution in [0.25, 0.3) is 0 Å². The normalized spacial score (nSPS) is 17.8. The average molecular weight is 227 g/mol. The van der Waals surface area contributed by atoms with Gasteiger partial charge in [-0.15, -0.1) is 0 Å². The fraction of sp³-hybridized carbons (Fsp3) is 0.727. The zero-order valence-electron chi connectivity index (χ0n) is 9.65. The number of amides is 2. The number of rotatable bonds is 4. The van der Waals surface area contributed by atoms with Crippen LogP contribution in [0.3, 0.4) is 0 Å². The number of aliphatic carboxylic acids is 1. The molecule has 1 N–H and O–H groups in total. The fourth-order valence-corrected chi connectivity index (χ4v) is 1.95. The monoisotopic (exact) mass is 227 g/mol. The largest absolute Gasteiger partial charge is 0.481 e. The van der Waals surface area contributed by atoms with Crippen LogP contribution in [0.4, 0.5) is 0 Å². The molecule has 0 aliphatic carbocycles. The van der Waals surface area contributed by atoms with Crippen LogP contribution in [0.15, 0.2) is 0 Å². The summed E-state index contributed by atoms with van der Waals surface area (Å²) in [5, 5.41) is 8.62. The van der Waals surface area contributed by atoms with Crippen molar-refractivity contribution in [3.8, 4) is 0 Å². The predicted molar refractivity (Wildman–Crippen MR) is 56.7 cm³/mol. The fourth-order valence-electron chi connectivity index (χ4n) is 1.95. The van der Waals surface area contributed by atoms with E-state index in [-0.39, 0.29) is 18.2 Å². The zero-order valence-corrected chi connectivity index (χ0v) is 9.65. The Balaban J connectivity index is 2.75. The number of likely N-dealkylation sites (tertiary alicyclic amines) is 1. The number of carboxylic acid groups (broad SMARTS) is 1. The summed E-state index contributed by atoms with van der Waals surface area (Å²) < 4.78 is 0. The first kappa shape index (κ1) is 12.7. The van der Waals surface area contributed by atoms with E-state index < -0.39 is 11.5 Å². The Hall–Kier alpha value is -1.39. The van der Waals surface area contributed by atoms with E-state index in [0.29, 0.717) is 25.7 Å². The number of hydrogen-bond acceptors (Lipinski definition) is 3. The molecule has 2 amide bonds. The molecule has 1 aliphatic rings. The molecular weight excluding hydrogens is 210 g/mol. The van der Waals surface area contributed by atoms with Gasteiger partial charge in [-0.25, -0.2) is 0 Å². The van der Waals surface area contributed by atoms with E-state index in [1.807, 2.05) is 0 Å². The Morgan fingerprint density at radius 1 is 1.31 bits per heavy atom. The summed E-state index contributed by atoms with van der Waals surface area (Å²) in [6.45, 7) is 3.47. The van der Waals surface area contributed by atoms with E-state index in [9.17, 15) is 14.4 Å². The van der Waals surface area contributed by atoms with Gasteiger partial charge in [0.15, 0.2) is 0 Å². The van der Waals surface area contributed by atoms with Gasteiger partial charge in [-0.1, -0.05) is 0 Å². The zero-order chi connectivity index (χ0) is 12.3. The average Bonchev–Trinajstić information content (AvgIpc) is 2.14. The number of nitrogens with zero attached hydrogens (tertiary/aromatic N) is 1. The van der Waals surface area contributed by atoms with Gasteiger partial charge in [-0.05, 0) is 26.7 Å². The molecule has 0 radical (unpaired) electrons. The standard InChI is InChI=1S/C11H17NO4/c1-11(2,7-6-10(15)16)12-8(13)4-3-5-9(12)14/h3-7H2,1-2H3,(H,15,16). The molecule has 0 saturated carbocycles. The van der Waals surface area contributed by atoms with Crippen LogP contribution in [-0.4, -0.2) is 33.3 Å². The van der Waals surface area contributed by atoms with Gasteiger partial charge in [0.2, 0.25) is 11.8 Å². The smallest absolute Gasteiger partial charge is 0.303 e. The Labute approximate surface area is 94.4 Å². The maximum Gasteiger partial charge on any atom is 0.303 e. The molecule has 0 unspecified atom stereocenters. The van der Waals surface area contributed by atoms with Gasteiger partial charge in [0.05, 0.1) is 0 Å². The minimum atomic E-state index is -0.912. The molecule has 1 heterocycles. The predicted octanol–water partition coefficient (Wildman–Crippen LogP) is 1.17. The number of carbonyl (C=O) groups is 3. The van der Waals surface area contributed by atoms with Crippen LogP contribution in [-0.2, 0) is 14.4 Å². The summed E-state index contributed by atoms with van der Waals surface area (Å²) in [5.74, 6) is -1.29. The second kappa shape index (κ2) is 4.63. The lowest BCUT2D eigenvalue weighted by Crippen LogP contribution is -2.53. The Morgan fingerprint density at radius 3 is 2.25 bits per heavy atom. The van der Waals surface area contributed by atoms with E-state index in [2.05, 4.69) is 0 Å². The Kier molecular flexibility index (Phi) is 3.67. The highest BCUT2D eigenvalue weighted by molar-refractivity contribution is 5.98. The molecule has 0 aromatic carbocycles. The Bertz CT molecular complexity index is 306. The first-order valence-electron chi connectivity index (χ1n) is 5.42. The molecule has 1 rings (SSSR count). The lowest BCUT2D eigenvalue weighted by Gasteiger charge is -2.39. The van der Waals surface area contributed by atoms with Crippen LogP contribution < -0.4 is 0 Å². The molecule has 1 aliphatic heterocycles. The summed E-state index contributed by atoms with van der Waals surface area (Å²) in [7, 11) is 0. The Morgan fingerprint density at radius 2 is 1.81 bits per heavy atom. The number of carbonyl (C=O) groups excluding carboxylic acids is 2. The first-order valence-corrected chi connectivity index (χ1v) is 5.42. The van der Waals surface area contributed by atoms with Gasteiger partial charge in [0.25, 0.3) is 0 Å². The van der Waals surface area contributed by atoms with Crippen molar-refractivity contribution in [1.29, 1.82) is 0 Å². The van der Waals surface area contributed by atoms with Gasteiger partial charge in [0, 0.05) is 24.8 Å². The maximum atomic E-state index is 11.7. The van der Waals surface area contributed by atoms with Gasteiger partial charge in [-0.3, -0.25) is 19.3 Å². The molecule has 1 saturated heterocycles. The molecule has 5 nitrogen and oxygen atoms in total. The maximum absolute atomic E-state index is 11.7. The van der Waals surface area contributed by atoms with Crippen LogP contribution in [0.2, 0.25) is 0 Å². The van der Waals surface area contributed by atoms with Crippen molar-refractivity contribution in [3.63, 3.8) is 0 Å². The van der Waals surface area contributed by atoms with E-state index in [1.165, 1.54) is 4.90 Å². The highest BCUT2D eigenvalue weighted by Crippen LogP contribution is 2.26. The first-order chi connectivity index (χ1) is 7.34. The summed E-state index contributed by atoms with van der Waals surface area (Å²) in [5.41, 5.74) is -0.701. The molecule has 0 spiro atoms. The van der Waals surface area contributed by atoms with Crippen molar-refractivity contribution in [3.05, 3.63) is 0 Å². The van der Waals surface area contributed by atoms with E-state index in [0.717, 1.165) is 0 Å². The highest BCUT2D eigenvalue weighted by Gasteiger charge is 2.37. The third-order valence-electron chi connectivity index (χ3n) is 2.84. The second-order valence-electron chi connectivity index (χ2n) is 4.68. The molecule has 5 heteroatoms. The van der Waals surface area contributed by atoms with E-state index in [1.54, 1.807) is 13.8 Å². The summed E-state index contributed by atoms with van der Waals surface area (Å²) in [4.78, 5) is 35.0. The van der Waals surface area contributed by atoms with Crippen molar-refractivity contribution >= 4 is 17.8 Å². The number of hydrogen-bond donors (Lipinski definition) is 1. The van der Waals surface area contributed by atoms with Crippen LogP contribution in [0.1, 0.15) is 46.0 Å². The molecule has 0 aromatic heterocycles. The molecule has 0 bridgehead atoms. The van der Waals surface area contributed by atoms with Crippen LogP contribution in [0, 0.1) is 0 Å². The quantitative estimate of drug-likeness (QED) is 0.731. The summed E-state index contributed by atoms with van der Waals surface area (Å²) in [6, 6.07) is 0. The highest BCUT2D eigenvalue weighted by atomic mass is 16.4. The lowest BCUT2D eigenvalue weighted by molar-refractivity contribution is -0.156. The summed E-state index contributed by atoms with van der Waals surface area (Å²) in [6.07, 6.45) is 1.61. The van der Waals surface area contributed by atoms with Gasteiger partial charge >= 0.3 is 5.97 Å². The van der Waals surface area contributed by atoms with E-state index in [4.69, 9.17) is 5.11 Å². The molecule has 90 valence electrons. The van der Waals surface area contributed by atoms with Crippen molar-refractivity contribution in [1.82, 2.24) is 4.90 Å². The SMILES string of the molecule is CC(C)(CCC(=O)O)N1C(=O)CCCC1=O. The van der Waals surface area contributed by atoms with Crippen LogP contribution >= 0.6 is 0 Å². The number of imide groups is 1. The van der Waals surface area contributed by atoms with Crippen molar-refractivity contribution in [2.24, 2.45) is 0 Å². The van der Waals surface area contributed by atoms with Gasteiger partial charge in [-0.2, -0.15) is 0 Å². The third kappa shape index (κ3) is 2.81. The van der Waals surface area contributed by atoms with Gasteiger partial charge < -0.3 is 5.11 Å². The molecule has 0 atom stereocenters. The minimum absolute atomic E-state index is 0.0376. The van der Waals surface area contributed by atoms with E-state index >= 15 is 0 Å². The molecule has 0 aromatic rings. The summed E-state index contributed by atoms with van der Waals surface area (Å²) >= 11 is 0. The molecular formula is C11H17NO4. The van der Waals surface area contributed by atoms with Crippen molar-refractivity contribution in [2.75, 3.05) is 0 Å². The minimum Gasteiger partial charge on any atom is -0.481 e. The molecule has 16 heavy (non-hydrogen) atoms. The number of piperidine rings is 1. The topological polar surface area (TPSA) is 74.7 Å².